The maximum atomic E-state index is 5.59. The molecule has 8 nitrogen and oxygen atoms in total. The first-order valence-electron chi connectivity index (χ1n) is 9.96. The summed E-state index contributed by atoms with van der Waals surface area (Å²) in [7, 11) is 3.57. The molecular weight excluding hydrogens is 344 g/mol. The van der Waals surface area contributed by atoms with Crippen molar-refractivity contribution in [2.45, 2.75) is 44.2 Å². The number of morpholine rings is 1. The SMILES string of the molecule is COCc1nc(NCC2(N3CCOCC3)CCCCC2)c2cnn(C)c2n1. The standard InChI is InChI=1S/C19H30N6O2/c1-24-18-15(12-21-24)17(22-16(23-18)13-26-2)20-14-19(6-4-3-5-7-19)25-8-10-27-11-9-25/h12H,3-11,13-14H2,1-2H3,(H,20,22,23). The number of nitrogens with one attached hydrogen (secondary N) is 1. The van der Waals surface area contributed by atoms with Gasteiger partial charge in [-0.15, -0.1) is 0 Å². The number of rotatable bonds is 6. The zero-order valence-corrected chi connectivity index (χ0v) is 16.4. The average Bonchev–Trinajstić information content (AvgIpc) is 3.09. The van der Waals surface area contributed by atoms with Crippen molar-refractivity contribution in [3.63, 3.8) is 0 Å². The molecule has 0 spiro atoms. The topological polar surface area (TPSA) is 77.3 Å². The minimum absolute atomic E-state index is 0.183. The third kappa shape index (κ3) is 3.79. The Morgan fingerprint density at radius 1 is 1.19 bits per heavy atom. The first-order chi connectivity index (χ1) is 13.2. The van der Waals surface area contributed by atoms with Crippen LogP contribution in [0.25, 0.3) is 11.0 Å². The molecule has 0 radical (unpaired) electrons. The average molecular weight is 374 g/mol. The quantitative estimate of drug-likeness (QED) is 0.828. The number of anilines is 1. The molecule has 0 atom stereocenters. The molecule has 0 aromatic carbocycles. The van der Waals surface area contributed by atoms with Gasteiger partial charge in [0, 0.05) is 39.3 Å². The lowest BCUT2D eigenvalue weighted by Gasteiger charge is -2.48. The number of aryl methyl sites for hydroxylation is 1. The van der Waals surface area contributed by atoms with Crippen molar-refractivity contribution in [3.05, 3.63) is 12.0 Å². The molecule has 0 amide bonds. The molecule has 2 aliphatic rings. The highest BCUT2D eigenvalue weighted by Gasteiger charge is 2.38. The van der Waals surface area contributed by atoms with Crippen LogP contribution >= 0.6 is 0 Å². The summed E-state index contributed by atoms with van der Waals surface area (Å²) >= 11 is 0. The van der Waals surface area contributed by atoms with Crippen LogP contribution in [0, 0.1) is 0 Å². The van der Waals surface area contributed by atoms with Crippen LogP contribution in [0.5, 0.6) is 0 Å². The van der Waals surface area contributed by atoms with E-state index >= 15 is 0 Å². The number of ether oxygens (including phenoxy) is 2. The number of nitrogens with zero attached hydrogens (tertiary/aromatic N) is 5. The molecule has 1 aliphatic heterocycles. The van der Waals surface area contributed by atoms with Gasteiger partial charge in [0.05, 0.1) is 24.8 Å². The number of hydrogen-bond acceptors (Lipinski definition) is 7. The molecule has 2 aromatic rings. The molecule has 0 unspecified atom stereocenters. The molecule has 2 aromatic heterocycles. The van der Waals surface area contributed by atoms with Crippen LogP contribution in [0.4, 0.5) is 5.82 Å². The summed E-state index contributed by atoms with van der Waals surface area (Å²) in [5.41, 5.74) is 1.02. The van der Waals surface area contributed by atoms with Gasteiger partial charge in [0.25, 0.3) is 0 Å². The first-order valence-corrected chi connectivity index (χ1v) is 9.96. The van der Waals surface area contributed by atoms with E-state index in [4.69, 9.17) is 14.5 Å². The second-order valence-electron chi connectivity index (χ2n) is 7.66. The number of fused-ring (bicyclic) bond motifs is 1. The number of hydrogen-bond donors (Lipinski definition) is 1. The summed E-state index contributed by atoms with van der Waals surface area (Å²) in [6.45, 7) is 4.98. The largest absolute Gasteiger partial charge is 0.379 e. The van der Waals surface area contributed by atoms with Gasteiger partial charge in [0.15, 0.2) is 11.5 Å². The van der Waals surface area contributed by atoms with Gasteiger partial charge in [-0.1, -0.05) is 19.3 Å². The van der Waals surface area contributed by atoms with E-state index < -0.39 is 0 Å². The van der Waals surface area contributed by atoms with Crippen molar-refractivity contribution in [2.75, 3.05) is 45.3 Å². The minimum atomic E-state index is 0.183. The molecule has 0 bridgehead atoms. The molecule has 8 heteroatoms. The maximum Gasteiger partial charge on any atom is 0.163 e. The van der Waals surface area contributed by atoms with Crippen LogP contribution in [0.15, 0.2) is 6.20 Å². The van der Waals surface area contributed by atoms with Crippen molar-refractivity contribution in [2.24, 2.45) is 7.05 Å². The van der Waals surface area contributed by atoms with Gasteiger partial charge >= 0.3 is 0 Å². The Balaban J connectivity index is 1.60. The van der Waals surface area contributed by atoms with Gasteiger partial charge in [-0.25, -0.2) is 9.97 Å². The van der Waals surface area contributed by atoms with E-state index in [-0.39, 0.29) is 5.54 Å². The molecular formula is C19H30N6O2. The van der Waals surface area contributed by atoms with Crippen LogP contribution in [0.2, 0.25) is 0 Å². The molecule has 148 valence electrons. The Labute approximate surface area is 160 Å². The molecule has 1 aliphatic carbocycles. The molecule has 1 saturated carbocycles. The second-order valence-corrected chi connectivity index (χ2v) is 7.66. The van der Waals surface area contributed by atoms with Gasteiger partial charge < -0.3 is 14.8 Å². The first kappa shape index (κ1) is 18.6. The van der Waals surface area contributed by atoms with Crippen LogP contribution in [-0.2, 0) is 23.1 Å². The molecule has 4 rings (SSSR count). The van der Waals surface area contributed by atoms with E-state index in [9.17, 15) is 0 Å². The van der Waals surface area contributed by atoms with Crippen molar-refractivity contribution >= 4 is 16.9 Å². The third-order valence-electron chi connectivity index (χ3n) is 5.96. The lowest BCUT2D eigenvalue weighted by Crippen LogP contribution is -2.58. The predicted octanol–water partition coefficient (Wildman–Crippen LogP) is 1.96. The van der Waals surface area contributed by atoms with E-state index in [0.29, 0.717) is 12.4 Å². The van der Waals surface area contributed by atoms with E-state index in [1.54, 1.807) is 11.8 Å². The number of methoxy groups -OCH3 is 1. The van der Waals surface area contributed by atoms with E-state index in [0.717, 1.165) is 49.7 Å². The predicted molar refractivity (Wildman–Crippen MR) is 104 cm³/mol. The lowest BCUT2D eigenvalue weighted by atomic mass is 9.79. The molecule has 1 N–H and O–H groups in total. The highest BCUT2D eigenvalue weighted by molar-refractivity contribution is 5.86. The van der Waals surface area contributed by atoms with Gasteiger partial charge in [-0.2, -0.15) is 5.10 Å². The van der Waals surface area contributed by atoms with Crippen molar-refractivity contribution in [3.8, 4) is 0 Å². The summed E-state index contributed by atoms with van der Waals surface area (Å²) in [6, 6.07) is 0. The van der Waals surface area contributed by atoms with E-state index in [1.165, 1.54) is 32.1 Å². The van der Waals surface area contributed by atoms with Crippen molar-refractivity contribution in [1.82, 2.24) is 24.6 Å². The van der Waals surface area contributed by atoms with Crippen molar-refractivity contribution in [1.29, 1.82) is 0 Å². The third-order valence-corrected chi connectivity index (χ3v) is 5.96. The molecule has 1 saturated heterocycles. The van der Waals surface area contributed by atoms with E-state index in [2.05, 4.69) is 20.3 Å². The summed E-state index contributed by atoms with van der Waals surface area (Å²) in [5.74, 6) is 1.54. The van der Waals surface area contributed by atoms with Crippen LogP contribution in [0.1, 0.15) is 37.9 Å². The Hall–Kier alpha value is -1.77. The van der Waals surface area contributed by atoms with Crippen LogP contribution < -0.4 is 5.32 Å². The van der Waals surface area contributed by atoms with E-state index in [1.807, 2.05) is 13.2 Å². The highest BCUT2D eigenvalue weighted by Crippen LogP contribution is 2.35. The fraction of sp³-hybridized carbons (Fsp3) is 0.737. The number of aromatic nitrogens is 4. The minimum Gasteiger partial charge on any atom is -0.379 e. The Kier molecular flexibility index (Phi) is 5.56. The van der Waals surface area contributed by atoms with Gasteiger partial charge in [-0.05, 0) is 12.8 Å². The smallest absolute Gasteiger partial charge is 0.163 e. The monoisotopic (exact) mass is 374 g/mol. The summed E-state index contributed by atoms with van der Waals surface area (Å²) in [5, 5.41) is 8.99. The highest BCUT2D eigenvalue weighted by atomic mass is 16.5. The van der Waals surface area contributed by atoms with Gasteiger partial charge in [-0.3, -0.25) is 9.58 Å². The fourth-order valence-corrected chi connectivity index (χ4v) is 4.50. The Bertz CT molecular complexity index is 765. The summed E-state index contributed by atoms with van der Waals surface area (Å²) in [6.07, 6.45) is 8.22. The van der Waals surface area contributed by atoms with Crippen molar-refractivity contribution < 1.29 is 9.47 Å². The molecule has 3 heterocycles. The molecule has 2 fully saturated rings. The van der Waals surface area contributed by atoms with Crippen LogP contribution in [0.3, 0.4) is 0 Å². The maximum absolute atomic E-state index is 5.59. The zero-order chi connectivity index (χ0) is 18.7. The van der Waals surface area contributed by atoms with Crippen LogP contribution in [-0.4, -0.2) is 70.1 Å². The van der Waals surface area contributed by atoms with Gasteiger partial charge in [0.1, 0.15) is 12.4 Å². The lowest BCUT2D eigenvalue weighted by molar-refractivity contribution is -0.0318. The normalized spacial score (nSPS) is 20.8. The Morgan fingerprint density at radius 2 is 1.96 bits per heavy atom. The Morgan fingerprint density at radius 3 is 2.70 bits per heavy atom. The van der Waals surface area contributed by atoms with Gasteiger partial charge in [0.2, 0.25) is 0 Å². The second kappa shape index (κ2) is 8.08. The fourth-order valence-electron chi connectivity index (χ4n) is 4.50. The summed E-state index contributed by atoms with van der Waals surface area (Å²) in [4.78, 5) is 11.9. The molecule has 27 heavy (non-hydrogen) atoms. The zero-order valence-electron chi connectivity index (χ0n) is 16.4. The summed E-state index contributed by atoms with van der Waals surface area (Å²) < 4.78 is 12.6.